The summed E-state index contributed by atoms with van der Waals surface area (Å²) in [5.41, 5.74) is 2.35. The molecular weight excluding hydrogens is 262 g/mol. The Labute approximate surface area is 129 Å². The number of guanidine groups is 1. The Hall–Kier alpha value is -1.71. The van der Waals surface area contributed by atoms with E-state index in [9.17, 15) is 0 Å². The van der Waals surface area contributed by atoms with Gasteiger partial charge in [0.2, 0.25) is 0 Å². The first kappa shape index (κ1) is 17.3. The summed E-state index contributed by atoms with van der Waals surface area (Å²) in [7, 11) is 1.79. The van der Waals surface area contributed by atoms with Crippen molar-refractivity contribution in [2.24, 2.45) is 10.9 Å². The highest BCUT2D eigenvalue weighted by atomic mass is 16.5. The molecule has 0 saturated heterocycles. The molecule has 0 aliphatic heterocycles. The van der Waals surface area contributed by atoms with E-state index in [1.54, 1.807) is 7.05 Å². The van der Waals surface area contributed by atoms with Gasteiger partial charge in [0.15, 0.2) is 5.96 Å². The van der Waals surface area contributed by atoms with Gasteiger partial charge in [-0.3, -0.25) is 4.99 Å². The van der Waals surface area contributed by atoms with Crippen molar-refractivity contribution in [1.29, 1.82) is 0 Å². The number of rotatable bonds is 6. The van der Waals surface area contributed by atoms with Crippen LogP contribution in [0.3, 0.4) is 0 Å². The van der Waals surface area contributed by atoms with Crippen LogP contribution >= 0.6 is 0 Å². The molecule has 0 atom stereocenters. The zero-order chi connectivity index (χ0) is 15.8. The molecule has 0 heterocycles. The van der Waals surface area contributed by atoms with E-state index >= 15 is 0 Å². The van der Waals surface area contributed by atoms with Crippen molar-refractivity contribution >= 4 is 5.96 Å². The SMILES string of the molecule is CN=C(NCc1ccc(C)cc1OC(C)C)NCC(C)C. The number of aliphatic imine (C=N–C) groups is 1. The van der Waals surface area contributed by atoms with Crippen LogP contribution in [0.25, 0.3) is 0 Å². The van der Waals surface area contributed by atoms with Crippen molar-refractivity contribution < 1.29 is 4.74 Å². The highest BCUT2D eigenvalue weighted by molar-refractivity contribution is 5.79. The molecule has 0 amide bonds. The van der Waals surface area contributed by atoms with Gasteiger partial charge in [-0.25, -0.2) is 0 Å². The minimum absolute atomic E-state index is 0.170. The molecule has 0 fully saturated rings. The normalized spacial score (nSPS) is 11.9. The van der Waals surface area contributed by atoms with Gasteiger partial charge in [-0.05, 0) is 38.3 Å². The van der Waals surface area contributed by atoms with Crippen LogP contribution in [0.5, 0.6) is 5.75 Å². The lowest BCUT2D eigenvalue weighted by molar-refractivity contribution is 0.239. The fraction of sp³-hybridized carbons (Fsp3) is 0.588. The lowest BCUT2D eigenvalue weighted by atomic mass is 10.1. The second-order valence-electron chi connectivity index (χ2n) is 5.98. The number of hydrogen-bond donors (Lipinski definition) is 2. The van der Waals surface area contributed by atoms with Crippen molar-refractivity contribution in [2.45, 2.75) is 47.3 Å². The number of ether oxygens (including phenoxy) is 1. The van der Waals surface area contributed by atoms with Gasteiger partial charge in [0.05, 0.1) is 6.10 Å². The standard InChI is InChI=1S/C17H29N3O/c1-12(2)10-19-17(18-6)20-11-15-8-7-14(5)9-16(15)21-13(3)4/h7-9,12-13H,10-11H2,1-6H3,(H2,18,19,20). The Kier molecular flexibility index (Phi) is 7.06. The average Bonchev–Trinajstić information content (AvgIpc) is 2.40. The minimum Gasteiger partial charge on any atom is -0.491 e. The predicted octanol–water partition coefficient (Wildman–Crippen LogP) is 3.10. The molecule has 21 heavy (non-hydrogen) atoms. The topological polar surface area (TPSA) is 45.7 Å². The van der Waals surface area contributed by atoms with Gasteiger partial charge in [0.1, 0.15) is 5.75 Å². The van der Waals surface area contributed by atoms with Gasteiger partial charge in [-0.15, -0.1) is 0 Å². The Morgan fingerprint density at radius 3 is 2.48 bits per heavy atom. The highest BCUT2D eigenvalue weighted by Gasteiger charge is 2.07. The number of nitrogens with zero attached hydrogens (tertiary/aromatic N) is 1. The Balaban J connectivity index is 2.69. The van der Waals surface area contributed by atoms with Crippen molar-refractivity contribution in [1.82, 2.24) is 10.6 Å². The van der Waals surface area contributed by atoms with E-state index in [0.717, 1.165) is 23.8 Å². The van der Waals surface area contributed by atoms with Crippen LogP contribution in [0.15, 0.2) is 23.2 Å². The molecule has 1 aromatic carbocycles. The summed E-state index contributed by atoms with van der Waals surface area (Å²) in [5.74, 6) is 2.35. The van der Waals surface area contributed by atoms with Crippen LogP contribution in [0.4, 0.5) is 0 Å². The minimum atomic E-state index is 0.170. The molecule has 4 heteroatoms. The number of nitrogens with one attached hydrogen (secondary N) is 2. The molecular formula is C17H29N3O. The van der Waals surface area contributed by atoms with E-state index in [1.165, 1.54) is 5.56 Å². The molecule has 0 aliphatic carbocycles. The molecule has 4 nitrogen and oxygen atoms in total. The zero-order valence-corrected chi connectivity index (χ0v) is 14.2. The third kappa shape index (κ3) is 6.52. The number of benzene rings is 1. The molecule has 0 aliphatic rings. The van der Waals surface area contributed by atoms with Crippen LogP contribution < -0.4 is 15.4 Å². The van der Waals surface area contributed by atoms with Crippen LogP contribution in [0.2, 0.25) is 0 Å². The maximum atomic E-state index is 5.89. The molecule has 2 N–H and O–H groups in total. The molecule has 0 bridgehead atoms. The molecule has 0 unspecified atom stereocenters. The summed E-state index contributed by atoms with van der Waals surface area (Å²) in [6, 6.07) is 6.30. The van der Waals surface area contributed by atoms with Crippen molar-refractivity contribution in [3.63, 3.8) is 0 Å². The zero-order valence-electron chi connectivity index (χ0n) is 14.2. The first-order valence-electron chi connectivity index (χ1n) is 7.63. The molecule has 1 aromatic rings. The van der Waals surface area contributed by atoms with E-state index in [4.69, 9.17) is 4.74 Å². The summed E-state index contributed by atoms with van der Waals surface area (Å²) in [5, 5.41) is 6.64. The van der Waals surface area contributed by atoms with Gasteiger partial charge >= 0.3 is 0 Å². The summed E-state index contributed by atoms with van der Waals surface area (Å²) in [6.45, 7) is 12.1. The van der Waals surface area contributed by atoms with Crippen molar-refractivity contribution in [3.8, 4) is 5.75 Å². The number of hydrogen-bond acceptors (Lipinski definition) is 2. The molecule has 0 radical (unpaired) electrons. The second-order valence-corrected chi connectivity index (χ2v) is 5.98. The number of aryl methyl sites for hydroxylation is 1. The quantitative estimate of drug-likeness (QED) is 0.625. The molecule has 118 valence electrons. The maximum absolute atomic E-state index is 5.89. The summed E-state index contributed by atoms with van der Waals surface area (Å²) in [4.78, 5) is 4.24. The fourth-order valence-corrected chi connectivity index (χ4v) is 1.87. The van der Waals surface area contributed by atoms with Crippen LogP contribution in [-0.2, 0) is 6.54 Å². The third-order valence-corrected chi connectivity index (χ3v) is 2.93. The Bertz CT molecular complexity index is 467. The molecule has 0 aromatic heterocycles. The van der Waals surface area contributed by atoms with Crippen LogP contribution in [-0.4, -0.2) is 25.7 Å². The van der Waals surface area contributed by atoms with E-state index < -0.39 is 0 Å². The van der Waals surface area contributed by atoms with Crippen molar-refractivity contribution in [2.75, 3.05) is 13.6 Å². The monoisotopic (exact) mass is 291 g/mol. The Morgan fingerprint density at radius 2 is 1.90 bits per heavy atom. The molecule has 1 rings (SSSR count). The summed E-state index contributed by atoms with van der Waals surface area (Å²) in [6.07, 6.45) is 0.170. The van der Waals surface area contributed by atoms with Crippen LogP contribution in [0, 0.1) is 12.8 Å². The van der Waals surface area contributed by atoms with Crippen LogP contribution in [0.1, 0.15) is 38.8 Å². The first-order valence-corrected chi connectivity index (χ1v) is 7.63. The van der Waals surface area contributed by atoms with Gasteiger partial charge < -0.3 is 15.4 Å². The first-order chi connectivity index (χ1) is 9.92. The van der Waals surface area contributed by atoms with Gasteiger partial charge in [0.25, 0.3) is 0 Å². The van der Waals surface area contributed by atoms with E-state index in [1.807, 2.05) is 13.8 Å². The van der Waals surface area contributed by atoms with E-state index in [-0.39, 0.29) is 6.10 Å². The smallest absolute Gasteiger partial charge is 0.191 e. The summed E-state index contributed by atoms with van der Waals surface area (Å²) < 4.78 is 5.89. The molecule has 0 saturated carbocycles. The van der Waals surface area contributed by atoms with E-state index in [0.29, 0.717) is 12.5 Å². The predicted molar refractivity (Wildman–Crippen MR) is 90.0 cm³/mol. The largest absolute Gasteiger partial charge is 0.491 e. The lowest BCUT2D eigenvalue weighted by Crippen LogP contribution is -2.38. The van der Waals surface area contributed by atoms with Crippen molar-refractivity contribution in [3.05, 3.63) is 29.3 Å². The highest BCUT2D eigenvalue weighted by Crippen LogP contribution is 2.21. The van der Waals surface area contributed by atoms with Gasteiger partial charge in [-0.2, -0.15) is 0 Å². The van der Waals surface area contributed by atoms with E-state index in [2.05, 4.69) is 54.6 Å². The fourth-order valence-electron chi connectivity index (χ4n) is 1.87. The Morgan fingerprint density at radius 1 is 1.19 bits per heavy atom. The lowest BCUT2D eigenvalue weighted by Gasteiger charge is -2.17. The van der Waals surface area contributed by atoms with Gasteiger partial charge in [0, 0.05) is 25.7 Å². The molecule has 0 spiro atoms. The second kappa shape index (κ2) is 8.55. The maximum Gasteiger partial charge on any atom is 0.191 e. The average molecular weight is 291 g/mol. The third-order valence-electron chi connectivity index (χ3n) is 2.93. The van der Waals surface area contributed by atoms with Gasteiger partial charge in [-0.1, -0.05) is 26.0 Å². The summed E-state index contributed by atoms with van der Waals surface area (Å²) >= 11 is 0.